The summed E-state index contributed by atoms with van der Waals surface area (Å²) < 4.78 is 0. The molecule has 1 aliphatic rings. The fraction of sp³-hybridized carbons (Fsp3) is 0.941. The van der Waals surface area contributed by atoms with Crippen molar-refractivity contribution in [3.05, 3.63) is 0 Å². The molecule has 1 fully saturated rings. The van der Waals surface area contributed by atoms with Gasteiger partial charge in [0.2, 0.25) is 5.91 Å². The lowest BCUT2D eigenvalue weighted by Crippen LogP contribution is -2.62. The van der Waals surface area contributed by atoms with Crippen LogP contribution in [-0.4, -0.2) is 43.0 Å². The van der Waals surface area contributed by atoms with Crippen LogP contribution in [0.5, 0.6) is 0 Å². The van der Waals surface area contributed by atoms with Crippen LogP contribution in [0.1, 0.15) is 53.4 Å². The molecule has 1 rings (SSSR count). The number of nitrogens with one attached hydrogen (secondary N) is 1. The lowest BCUT2D eigenvalue weighted by atomic mass is 9.91. The monoisotopic (exact) mass is 297 g/mol. The molecule has 1 unspecified atom stereocenters. The molecule has 0 saturated heterocycles. The number of nitrogens with two attached hydrogens (primary N) is 1. The molecular formula is C17H35N3O. The lowest BCUT2D eigenvalue weighted by molar-refractivity contribution is -0.126. The Bertz CT molecular complexity index is 314. The van der Waals surface area contributed by atoms with Gasteiger partial charge in [0.15, 0.2) is 0 Å². The number of nitrogens with zero attached hydrogens (tertiary/aromatic N) is 1. The number of carbonyl (C=O) groups excluding carboxylic acids is 1. The Hall–Kier alpha value is -0.610. The minimum Gasteiger partial charge on any atom is -0.368 e. The van der Waals surface area contributed by atoms with E-state index in [1.165, 1.54) is 12.8 Å². The van der Waals surface area contributed by atoms with Gasteiger partial charge in [-0.25, -0.2) is 0 Å². The van der Waals surface area contributed by atoms with Crippen LogP contribution in [0.4, 0.5) is 0 Å². The third-order valence-corrected chi connectivity index (χ3v) is 4.68. The normalized spacial score (nSPS) is 18.5. The predicted molar refractivity (Wildman–Crippen MR) is 89.1 cm³/mol. The molecule has 124 valence electrons. The van der Waals surface area contributed by atoms with Gasteiger partial charge in [-0.1, -0.05) is 27.7 Å². The van der Waals surface area contributed by atoms with Crippen molar-refractivity contribution in [2.24, 2.45) is 23.5 Å². The van der Waals surface area contributed by atoms with E-state index in [0.717, 1.165) is 32.5 Å². The number of likely N-dealkylation sites (N-methyl/N-ethyl adjacent to an activating group) is 1. The summed E-state index contributed by atoms with van der Waals surface area (Å²) in [6, 6.07) is 0. The second kappa shape index (κ2) is 8.14. The van der Waals surface area contributed by atoms with Gasteiger partial charge in [-0.3, -0.25) is 4.79 Å². The molecule has 1 amide bonds. The Morgan fingerprint density at radius 3 is 1.95 bits per heavy atom. The summed E-state index contributed by atoms with van der Waals surface area (Å²) >= 11 is 0. The van der Waals surface area contributed by atoms with Gasteiger partial charge in [0.25, 0.3) is 0 Å². The number of amides is 1. The van der Waals surface area contributed by atoms with Crippen LogP contribution in [0.25, 0.3) is 0 Å². The zero-order valence-electron chi connectivity index (χ0n) is 14.6. The van der Waals surface area contributed by atoms with Crippen LogP contribution >= 0.6 is 0 Å². The second-order valence-corrected chi connectivity index (χ2v) is 7.50. The summed E-state index contributed by atoms with van der Waals surface area (Å²) in [5.41, 5.74) is 5.22. The van der Waals surface area contributed by atoms with Gasteiger partial charge in [0.1, 0.15) is 5.54 Å². The average molecular weight is 297 g/mol. The van der Waals surface area contributed by atoms with Crippen molar-refractivity contribution < 1.29 is 4.79 Å². The molecule has 21 heavy (non-hydrogen) atoms. The maximum atomic E-state index is 12.1. The van der Waals surface area contributed by atoms with Crippen molar-refractivity contribution in [2.45, 2.75) is 58.9 Å². The Morgan fingerprint density at radius 2 is 1.67 bits per heavy atom. The maximum Gasteiger partial charge on any atom is 0.239 e. The zero-order chi connectivity index (χ0) is 16.0. The zero-order valence-corrected chi connectivity index (χ0v) is 14.6. The van der Waals surface area contributed by atoms with E-state index in [2.05, 4.69) is 37.9 Å². The van der Waals surface area contributed by atoms with E-state index in [-0.39, 0.29) is 5.91 Å². The fourth-order valence-corrected chi connectivity index (χ4v) is 2.89. The van der Waals surface area contributed by atoms with E-state index in [9.17, 15) is 4.79 Å². The van der Waals surface area contributed by atoms with Crippen molar-refractivity contribution in [3.8, 4) is 0 Å². The van der Waals surface area contributed by atoms with Crippen molar-refractivity contribution in [2.75, 3.05) is 26.7 Å². The highest BCUT2D eigenvalue weighted by atomic mass is 16.1. The first-order chi connectivity index (χ1) is 9.81. The molecule has 1 saturated carbocycles. The lowest BCUT2D eigenvalue weighted by Gasteiger charge is -2.37. The van der Waals surface area contributed by atoms with E-state index in [0.29, 0.717) is 17.8 Å². The summed E-state index contributed by atoms with van der Waals surface area (Å²) in [6.45, 7) is 11.9. The van der Waals surface area contributed by atoms with E-state index < -0.39 is 5.54 Å². The molecule has 0 aromatic carbocycles. The van der Waals surface area contributed by atoms with Crippen LogP contribution in [0.2, 0.25) is 0 Å². The highest BCUT2D eigenvalue weighted by Crippen LogP contribution is 2.40. The summed E-state index contributed by atoms with van der Waals surface area (Å²) in [5.74, 6) is 1.60. The van der Waals surface area contributed by atoms with E-state index >= 15 is 0 Å². The van der Waals surface area contributed by atoms with Gasteiger partial charge in [-0.15, -0.1) is 0 Å². The molecular weight excluding hydrogens is 262 g/mol. The maximum absolute atomic E-state index is 12.1. The number of carbonyl (C=O) groups is 1. The van der Waals surface area contributed by atoms with Crippen LogP contribution < -0.4 is 11.1 Å². The Morgan fingerprint density at radius 1 is 1.19 bits per heavy atom. The number of primary amides is 1. The Labute approximate surface area is 130 Å². The second-order valence-electron chi connectivity index (χ2n) is 7.50. The van der Waals surface area contributed by atoms with Gasteiger partial charge in [0.05, 0.1) is 0 Å². The molecule has 4 heteroatoms. The van der Waals surface area contributed by atoms with Crippen LogP contribution in [0.15, 0.2) is 0 Å². The van der Waals surface area contributed by atoms with Gasteiger partial charge in [-0.05, 0) is 63.6 Å². The van der Waals surface area contributed by atoms with Gasteiger partial charge in [0, 0.05) is 6.54 Å². The minimum atomic E-state index is -0.534. The minimum absolute atomic E-state index is 0.188. The highest BCUT2D eigenvalue weighted by Gasteiger charge is 2.49. The molecule has 0 bridgehead atoms. The van der Waals surface area contributed by atoms with Crippen LogP contribution in [0.3, 0.4) is 0 Å². The first-order valence-corrected chi connectivity index (χ1v) is 8.53. The standard InChI is InChI=1S/C17H35N3O/c1-13(2)8-10-20(11-9-14(3)4)12-17(19-5,16(18)21)15-6-7-15/h13-15,19H,6-12H2,1-5H3,(H2,18,21). The molecule has 4 nitrogen and oxygen atoms in total. The van der Waals surface area contributed by atoms with E-state index in [4.69, 9.17) is 5.73 Å². The summed E-state index contributed by atoms with van der Waals surface area (Å²) in [5, 5.41) is 3.27. The first-order valence-electron chi connectivity index (χ1n) is 8.53. The molecule has 1 aliphatic carbocycles. The SMILES string of the molecule is CNC(CN(CCC(C)C)CCC(C)C)(C(N)=O)C1CC1. The Kier molecular flexibility index (Phi) is 7.14. The van der Waals surface area contributed by atoms with Crippen molar-refractivity contribution in [1.29, 1.82) is 0 Å². The molecule has 1 atom stereocenters. The van der Waals surface area contributed by atoms with Crippen molar-refractivity contribution in [3.63, 3.8) is 0 Å². The first kappa shape index (κ1) is 18.4. The number of rotatable bonds is 11. The highest BCUT2D eigenvalue weighted by molar-refractivity contribution is 5.86. The smallest absolute Gasteiger partial charge is 0.239 e. The average Bonchev–Trinajstić information content (AvgIpc) is 3.22. The molecule has 0 aliphatic heterocycles. The van der Waals surface area contributed by atoms with Crippen LogP contribution in [0, 0.1) is 17.8 Å². The summed E-state index contributed by atoms with van der Waals surface area (Å²) in [4.78, 5) is 14.5. The quantitative estimate of drug-likeness (QED) is 0.615. The number of hydrogen-bond donors (Lipinski definition) is 2. The molecule has 0 spiro atoms. The summed E-state index contributed by atoms with van der Waals surface area (Å²) in [6.07, 6.45) is 4.57. The van der Waals surface area contributed by atoms with Gasteiger partial charge >= 0.3 is 0 Å². The van der Waals surface area contributed by atoms with E-state index in [1.807, 2.05) is 7.05 Å². The fourth-order valence-electron chi connectivity index (χ4n) is 2.89. The Balaban J connectivity index is 2.72. The molecule has 0 aromatic rings. The van der Waals surface area contributed by atoms with E-state index in [1.54, 1.807) is 0 Å². The van der Waals surface area contributed by atoms with Gasteiger partial charge in [-0.2, -0.15) is 0 Å². The van der Waals surface area contributed by atoms with Gasteiger partial charge < -0.3 is 16.0 Å². The molecule has 3 N–H and O–H groups in total. The van der Waals surface area contributed by atoms with Crippen molar-refractivity contribution in [1.82, 2.24) is 10.2 Å². The number of hydrogen-bond acceptors (Lipinski definition) is 3. The predicted octanol–water partition coefficient (Wildman–Crippen LogP) is 2.23. The third-order valence-electron chi connectivity index (χ3n) is 4.68. The third kappa shape index (κ3) is 5.59. The van der Waals surface area contributed by atoms with Crippen LogP contribution in [-0.2, 0) is 4.79 Å². The molecule has 0 heterocycles. The molecule has 0 aromatic heterocycles. The summed E-state index contributed by atoms with van der Waals surface area (Å²) in [7, 11) is 1.88. The largest absolute Gasteiger partial charge is 0.368 e. The molecule has 0 radical (unpaired) electrons. The topological polar surface area (TPSA) is 58.4 Å². The van der Waals surface area contributed by atoms with Crippen molar-refractivity contribution >= 4 is 5.91 Å².